The molecular weight excluding hydrogens is 244 g/mol. The smallest absolute Gasteiger partial charge is 0.328 e. The van der Waals surface area contributed by atoms with Crippen LogP contribution >= 0.6 is 0 Å². The van der Waals surface area contributed by atoms with E-state index in [2.05, 4.69) is 10.6 Å². The van der Waals surface area contributed by atoms with Crippen LogP contribution in [0.2, 0.25) is 0 Å². The van der Waals surface area contributed by atoms with Crippen molar-refractivity contribution in [3.63, 3.8) is 0 Å². The minimum Gasteiger partial charge on any atom is -0.480 e. The first-order valence-electron chi connectivity index (χ1n) is 6.11. The topological polar surface area (TPSA) is 78.4 Å². The van der Waals surface area contributed by atoms with E-state index in [1.54, 1.807) is 0 Å². The van der Waals surface area contributed by atoms with Crippen LogP contribution in [0.25, 0.3) is 0 Å². The van der Waals surface area contributed by atoms with Gasteiger partial charge in [-0.1, -0.05) is 24.3 Å². The Morgan fingerprint density at radius 2 is 1.84 bits per heavy atom. The summed E-state index contributed by atoms with van der Waals surface area (Å²) in [6.07, 6.45) is 0. The molecule has 0 radical (unpaired) electrons. The molecule has 0 spiro atoms. The minimum atomic E-state index is -1.30. The number of amides is 2. The average Bonchev–Trinajstić information content (AvgIpc) is 2.28. The van der Waals surface area contributed by atoms with Gasteiger partial charge in [0, 0.05) is 0 Å². The zero-order chi connectivity index (χ0) is 14.6. The van der Waals surface area contributed by atoms with Gasteiger partial charge in [0.2, 0.25) is 0 Å². The van der Waals surface area contributed by atoms with Gasteiger partial charge in [-0.25, -0.2) is 9.59 Å². The maximum atomic E-state index is 11.8. The van der Waals surface area contributed by atoms with E-state index in [9.17, 15) is 9.59 Å². The molecule has 104 valence electrons. The maximum Gasteiger partial charge on any atom is 0.328 e. The van der Waals surface area contributed by atoms with Crippen molar-refractivity contribution in [2.24, 2.45) is 0 Å². The van der Waals surface area contributed by atoms with Gasteiger partial charge in [0.25, 0.3) is 0 Å². The fraction of sp³-hybridized carbons (Fsp3) is 0.429. The lowest BCUT2D eigenvalue weighted by Crippen LogP contribution is -2.53. The van der Waals surface area contributed by atoms with Crippen LogP contribution in [0.3, 0.4) is 0 Å². The van der Waals surface area contributed by atoms with Crippen molar-refractivity contribution >= 4 is 12.0 Å². The van der Waals surface area contributed by atoms with Gasteiger partial charge in [0.05, 0.1) is 6.04 Å². The number of aryl methyl sites for hydroxylation is 1. The van der Waals surface area contributed by atoms with Gasteiger partial charge < -0.3 is 15.7 Å². The normalized spacial score (nSPS) is 12.6. The molecule has 0 aliphatic carbocycles. The molecule has 3 N–H and O–H groups in total. The summed E-state index contributed by atoms with van der Waals surface area (Å²) in [6, 6.07) is 7.04. The van der Waals surface area contributed by atoms with Gasteiger partial charge >= 0.3 is 12.0 Å². The molecule has 1 aromatic rings. The van der Waals surface area contributed by atoms with Crippen LogP contribution in [0.4, 0.5) is 4.79 Å². The Labute approximate surface area is 113 Å². The van der Waals surface area contributed by atoms with E-state index in [1.165, 1.54) is 13.8 Å². The van der Waals surface area contributed by atoms with E-state index in [1.807, 2.05) is 38.1 Å². The number of carboxylic acid groups (broad SMARTS) is 1. The summed E-state index contributed by atoms with van der Waals surface area (Å²) in [6.45, 7) is 6.70. The molecule has 5 nitrogen and oxygen atoms in total. The van der Waals surface area contributed by atoms with E-state index >= 15 is 0 Å². The van der Waals surface area contributed by atoms with Gasteiger partial charge in [0.1, 0.15) is 5.54 Å². The van der Waals surface area contributed by atoms with Crippen molar-refractivity contribution in [3.8, 4) is 0 Å². The number of aliphatic carboxylic acids is 1. The molecule has 0 heterocycles. The van der Waals surface area contributed by atoms with Gasteiger partial charge in [-0.3, -0.25) is 0 Å². The lowest BCUT2D eigenvalue weighted by atomic mass is 10.0. The second kappa shape index (κ2) is 5.73. The van der Waals surface area contributed by atoms with Gasteiger partial charge in [-0.15, -0.1) is 0 Å². The molecule has 0 saturated heterocycles. The van der Waals surface area contributed by atoms with Crippen molar-refractivity contribution in [2.45, 2.75) is 39.3 Å². The predicted molar refractivity (Wildman–Crippen MR) is 73.0 cm³/mol. The summed E-state index contributed by atoms with van der Waals surface area (Å²) >= 11 is 0. The molecule has 1 rings (SSSR count). The molecule has 19 heavy (non-hydrogen) atoms. The highest BCUT2D eigenvalue weighted by Gasteiger charge is 2.29. The Bertz CT molecular complexity index is 483. The molecule has 1 unspecified atom stereocenters. The second-order valence-corrected chi connectivity index (χ2v) is 5.11. The lowest BCUT2D eigenvalue weighted by Gasteiger charge is -2.23. The zero-order valence-corrected chi connectivity index (χ0v) is 11.7. The molecule has 0 aliphatic heterocycles. The second-order valence-electron chi connectivity index (χ2n) is 5.11. The number of rotatable bonds is 4. The van der Waals surface area contributed by atoms with Crippen molar-refractivity contribution in [2.75, 3.05) is 0 Å². The highest BCUT2D eigenvalue weighted by atomic mass is 16.4. The number of hydrogen-bond acceptors (Lipinski definition) is 2. The van der Waals surface area contributed by atoms with Crippen molar-refractivity contribution in [1.82, 2.24) is 10.6 Å². The number of hydrogen-bond donors (Lipinski definition) is 3. The third kappa shape index (κ3) is 3.98. The summed E-state index contributed by atoms with van der Waals surface area (Å²) < 4.78 is 0. The van der Waals surface area contributed by atoms with Crippen LogP contribution in [0, 0.1) is 6.92 Å². The molecule has 0 fully saturated rings. The average molecular weight is 264 g/mol. The lowest BCUT2D eigenvalue weighted by molar-refractivity contribution is -0.142. The van der Waals surface area contributed by atoms with Crippen LogP contribution in [-0.4, -0.2) is 22.6 Å². The van der Waals surface area contributed by atoms with Crippen LogP contribution < -0.4 is 10.6 Å². The van der Waals surface area contributed by atoms with Crippen LogP contribution in [0.15, 0.2) is 24.3 Å². The molecule has 0 aromatic heterocycles. The number of carboxylic acids is 1. The fourth-order valence-electron chi connectivity index (χ4n) is 1.72. The minimum absolute atomic E-state index is 0.189. The first-order valence-corrected chi connectivity index (χ1v) is 6.11. The summed E-state index contributed by atoms with van der Waals surface area (Å²) in [7, 11) is 0. The van der Waals surface area contributed by atoms with E-state index in [4.69, 9.17) is 5.11 Å². The monoisotopic (exact) mass is 264 g/mol. The van der Waals surface area contributed by atoms with Crippen molar-refractivity contribution in [1.29, 1.82) is 0 Å². The molecule has 1 aromatic carbocycles. The van der Waals surface area contributed by atoms with Gasteiger partial charge in [-0.05, 0) is 38.8 Å². The Morgan fingerprint density at radius 3 is 2.37 bits per heavy atom. The molecular formula is C14H20N2O3. The molecule has 0 saturated carbocycles. The van der Waals surface area contributed by atoms with Gasteiger partial charge in [0.15, 0.2) is 0 Å². The third-order valence-electron chi connectivity index (χ3n) is 2.96. The first kappa shape index (κ1) is 15.0. The number of nitrogens with one attached hydrogen (secondary N) is 2. The zero-order valence-electron chi connectivity index (χ0n) is 11.7. The molecule has 5 heteroatoms. The number of carbonyl (C=O) groups excluding carboxylic acids is 1. The summed E-state index contributed by atoms with van der Waals surface area (Å²) in [5.41, 5.74) is 0.786. The third-order valence-corrected chi connectivity index (χ3v) is 2.96. The van der Waals surface area contributed by atoms with Crippen molar-refractivity contribution in [3.05, 3.63) is 35.4 Å². The summed E-state index contributed by atoms with van der Waals surface area (Å²) in [5, 5.41) is 14.1. The van der Waals surface area contributed by atoms with E-state index in [0.29, 0.717) is 0 Å². The molecule has 0 bridgehead atoms. The van der Waals surface area contributed by atoms with Crippen LogP contribution in [-0.2, 0) is 4.79 Å². The molecule has 2 amide bonds. The highest BCUT2D eigenvalue weighted by Crippen LogP contribution is 2.16. The number of carbonyl (C=O) groups is 2. The van der Waals surface area contributed by atoms with E-state index < -0.39 is 17.5 Å². The Hall–Kier alpha value is -2.04. The predicted octanol–water partition coefficient (Wildman–Crippen LogP) is 2.22. The number of benzene rings is 1. The number of urea groups is 1. The molecule has 1 atom stereocenters. The van der Waals surface area contributed by atoms with Crippen LogP contribution in [0.1, 0.15) is 37.9 Å². The Balaban J connectivity index is 2.68. The summed E-state index contributed by atoms with van der Waals surface area (Å²) in [5.74, 6) is -1.08. The van der Waals surface area contributed by atoms with E-state index in [0.717, 1.165) is 11.1 Å². The maximum absolute atomic E-state index is 11.8. The van der Waals surface area contributed by atoms with Crippen LogP contribution in [0.5, 0.6) is 0 Å². The van der Waals surface area contributed by atoms with Crippen molar-refractivity contribution < 1.29 is 14.7 Å². The fourth-order valence-corrected chi connectivity index (χ4v) is 1.72. The SMILES string of the molecule is Cc1ccccc1C(C)NC(=O)NC(C)(C)C(=O)O. The largest absolute Gasteiger partial charge is 0.480 e. The Kier molecular flexibility index (Phi) is 4.53. The first-order chi connectivity index (χ1) is 8.74. The standard InChI is InChI=1S/C14H20N2O3/c1-9-7-5-6-8-11(9)10(2)15-13(19)16-14(3,4)12(17)18/h5-8,10H,1-4H3,(H,17,18)(H2,15,16,19). The quantitative estimate of drug-likeness (QED) is 0.780. The Morgan fingerprint density at radius 1 is 1.26 bits per heavy atom. The highest BCUT2D eigenvalue weighted by molar-refractivity contribution is 5.85. The summed E-state index contributed by atoms with van der Waals surface area (Å²) in [4.78, 5) is 22.7. The van der Waals surface area contributed by atoms with Gasteiger partial charge in [-0.2, -0.15) is 0 Å². The van der Waals surface area contributed by atoms with E-state index in [-0.39, 0.29) is 6.04 Å². The molecule has 0 aliphatic rings.